The summed E-state index contributed by atoms with van der Waals surface area (Å²) >= 11 is 8.13. The van der Waals surface area contributed by atoms with Crippen molar-refractivity contribution < 1.29 is 0 Å². The standard InChI is InChI=1S/C10H13ClIN3/c11-9-8(12)7-13-10(14-9)15-5-3-1-2-4-6-15/h7H,1-6H2. The first-order valence-electron chi connectivity index (χ1n) is 5.20. The number of anilines is 1. The SMILES string of the molecule is Clc1nc(N2CCCCCC2)ncc1I. The van der Waals surface area contributed by atoms with Crippen LogP contribution in [0.25, 0.3) is 0 Å². The Hall–Kier alpha value is -0.100. The fourth-order valence-electron chi connectivity index (χ4n) is 1.76. The molecule has 1 aromatic rings. The number of hydrogen-bond donors (Lipinski definition) is 0. The lowest BCUT2D eigenvalue weighted by Gasteiger charge is -2.19. The van der Waals surface area contributed by atoms with Crippen LogP contribution in [0, 0.1) is 3.57 Å². The summed E-state index contributed by atoms with van der Waals surface area (Å²) < 4.78 is 0.910. The minimum absolute atomic E-state index is 0.560. The molecule has 1 saturated heterocycles. The third-order valence-corrected chi connectivity index (χ3v) is 3.97. The zero-order valence-electron chi connectivity index (χ0n) is 8.42. The number of hydrogen-bond acceptors (Lipinski definition) is 3. The molecule has 0 spiro atoms. The third-order valence-electron chi connectivity index (χ3n) is 2.58. The smallest absolute Gasteiger partial charge is 0.226 e. The maximum Gasteiger partial charge on any atom is 0.226 e. The monoisotopic (exact) mass is 337 g/mol. The van der Waals surface area contributed by atoms with Gasteiger partial charge >= 0.3 is 0 Å². The Balaban J connectivity index is 2.16. The van der Waals surface area contributed by atoms with Gasteiger partial charge in [-0.25, -0.2) is 4.98 Å². The van der Waals surface area contributed by atoms with Crippen molar-refractivity contribution in [3.8, 4) is 0 Å². The lowest BCUT2D eigenvalue weighted by molar-refractivity contribution is 0.726. The largest absolute Gasteiger partial charge is 0.341 e. The van der Waals surface area contributed by atoms with E-state index < -0.39 is 0 Å². The van der Waals surface area contributed by atoms with E-state index in [9.17, 15) is 0 Å². The van der Waals surface area contributed by atoms with E-state index in [1.54, 1.807) is 6.20 Å². The molecular formula is C10H13ClIN3. The van der Waals surface area contributed by atoms with Gasteiger partial charge < -0.3 is 4.90 Å². The van der Waals surface area contributed by atoms with Gasteiger partial charge in [-0.05, 0) is 35.4 Å². The number of halogens is 2. The second-order valence-corrected chi connectivity index (χ2v) is 5.23. The van der Waals surface area contributed by atoms with Crippen molar-refractivity contribution in [2.24, 2.45) is 0 Å². The molecule has 1 fully saturated rings. The Labute approximate surface area is 108 Å². The fourth-order valence-corrected chi connectivity index (χ4v) is 2.15. The Morgan fingerprint density at radius 3 is 2.47 bits per heavy atom. The quantitative estimate of drug-likeness (QED) is 0.582. The van der Waals surface area contributed by atoms with Gasteiger partial charge in [0.25, 0.3) is 0 Å². The summed E-state index contributed by atoms with van der Waals surface area (Å²) in [4.78, 5) is 10.9. The fraction of sp³-hybridized carbons (Fsp3) is 0.600. The third kappa shape index (κ3) is 2.93. The highest BCUT2D eigenvalue weighted by molar-refractivity contribution is 14.1. The molecule has 82 valence electrons. The van der Waals surface area contributed by atoms with Crippen LogP contribution in [0.15, 0.2) is 6.20 Å². The van der Waals surface area contributed by atoms with E-state index in [0.717, 1.165) is 22.6 Å². The van der Waals surface area contributed by atoms with Crippen LogP contribution in [-0.2, 0) is 0 Å². The molecule has 0 bridgehead atoms. The molecule has 0 atom stereocenters. The highest BCUT2D eigenvalue weighted by atomic mass is 127. The second-order valence-electron chi connectivity index (χ2n) is 3.71. The highest BCUT2D eigenvalue weighted by Gasteiger charge is 2.13. The molecule has 0 aromatic carbocycles. The van der Waals surface area contributed by atoms with Gasteiger partial charge in [-0.3, -0.25) is 0 Å². The van der Waals surface area contributed by atoms with E-state index in [1.807, 2.05) is 0 Å². The van der Waals surface area contributed by atoms with E-state index in [4.69, 9.17) is 11.6 Å². The number of rotatable bonds is 1. The molecule has 1 aromatic heterocycles. The van der Waals surface area contributed by atoms with Gasteiger partial charge in [-0.2, -0.15) is 4.98 Å². The summed E-state index contributed by atoms with van der Waals surface area (Å²) in [6.45, 7) is 2.11. The van der Waals surface area contributed by atoms with E-state index in [1.165, 1.54) is 25.7 Å². The summed E-state index contributed by atoms with van der Waals surface area (Å²) in [6.07, 6.45) is 6.87. The predicted molar refractivity (Wildman–Crippen MR) is 70.4 cm³/mol. The van der Waals surface area contributed by atoms with Crippen LogP contribution < -0.4 is 4.90 Å². The minimum atomic E-state index is 0.560. The lowest BCUT2D eigenvalue weighted by Crippen LogP contribution is -2.26. The van der Waals surface area contributed by atoms with Crippen molar-refractivity contribution in [2.75, 3.05) is 18.0 Å². The molecule has 2 rings (SSSR count). The maximum absolute atomic E-state index is 5.99. The maximum atomic E-state index is 5.99. The second kappa shape index (κ2) is 5.30. The van der Waals surface area contributed by atoms with Crippen molar-refractivity contribution in [3.05, 3.63) is 14.9 Å². The Morgan fingerprint density at radius 1 is 1.20 bits per heavy atom. The Kier molecular flexibility index (Phi) is 4.02. The van der Waals surface area contributed by atoms with Crippen LogP contribution in [-0.4, -0.2) is 23.1 Å². The zero-order valence-corrected chi connectivity index (χ0v) is 11.3. The molecule has 0 unspecified atom stereocenters. The molecule has 1 aliphatic heterocycles. The predicted octanol–water partition coefficient (Wildman–Crippen LogP) is 3.12. The molecule has 0 N–H and O–H groups in total. The van der Waals surface area contributed by atoms with Crippen LogP contribution in [0.2, 0.25) is 5.15 Å². The van der Waals surface area contributed by atoms with Crippen molar-refractivity contribution in [1.29, 1.82) is 0 Å². The first-order valence-corrected chi connectivity index (χ1v) is 6.66. The van der Waals surface area contributed by atoms with E-state index >= 15 is 0 Å². The van der Waals surface area contributed by atoms with E-state index in [-0.39, 0.29) is 0 Å². The average Bonchev–Trinajstić information content (AvgIpc) is 2.50. The number of aromatic nitrogens is 2. The van der Waals surface area contributed by atoms with Gasteiger partial charge in [-0.1, -0.05) is 24.4 Å². The molecule has 0 amide bonds. The molecule has 5 heteroatoms. The van der Waals surface area contributed by atoms with E-state index in [0.29, 0.717) is 5.15 Å². The Bertz CT molecular complexity index is 337. The van der Waals surface area contributed by atoms with Gasteiger partial charge in [0.1, 0.15) is 5.15 Å². The van der Waals surface area contributed by atoms with Gasteiger partial charge in [0.15, 0.2) is 0 Å². The van der Waals surface area contributed by atoms with Gasteiger partial charge in [0, 0.05) is 19.3 Å². The summed E-state index contributed by atoms with van der Waals surface area (Å²) in [5, 5.41) is 0.560. The topological polar surface area (TPSA) is 29.0 Å². The molecule has 0 saturated carbocycles. The average molecular weight is 338 g/mol. The number of nitrogens with zero attached hydrogens (tertiary/aromatic N) is 3. The first-order chi connectivity index (χ1) is 7.27. The normalized spacial score (nSPS) is 17.6. The van der Waals surface area contributed by atoms with Crippen molar-refractivity contribution in [3.63, 3.8) is 0 Å². The summed E-state index contributed by atoms with van der Waals surface area (Å²) in [6, 6.07) is 0. The van der Waals surface area contributed by atoms with Crippen molar-refractivity contribution >= 4 is 40.1 Å². The molecule has 0 radical (unpaired) electrons. The highest BCUT2D eigenvalue weighted by Crippen LogP contribution is 2.20. The van der Waals surface area contributed by atoms with Crippen LogP contribution in [0.3, 0.4) is 0 Å². The van der Waals surface area contributed by atoms with Gasteiger partial charge in [-0.15, -0.1) is 0 Å². The summed E-state index contributed by atoms with van der Waals surface area (Å²) in [5.74, 6) is 0.780. The van der Waals surface area contributed by atoms with Crippen LogP contribution in [0.1, 0.15) is 25.7 Å². The van der Waals surface area contributed by atoms with E-state index in [2.05, 4.69) is 37.5 Å². The van der Waals surface area contributed by atoms with Gasteiger partial charge in [0.2, 0.25) is 5.95 Å². The van der Waals surface area contributed by atoms with Crippen molar-refractivity contribution in [2.45, 2.75) is 25.7 Å². The Morgan fingerprint density at radius 2 is 1.87 bits per heavy atom. The van der Waals surface area contributed by atoms with Crippen LogP contribution in [0.5, 0.6) is 0 Å². The summed E-state index contributed by atoms with van der Waals surface area (Å²) in [5.41, 5.74) is 0. The first kappa shape index (κ1) is 11.4. The van der Waals surface area contributed by atoms with Crippen LogP contribution >= 0.6 is 34.2 Å². The van der Waals surface area contributed by atoms with Crippen LogP contribution in [0.4, 0.5) is 5.95 Å². The lowest BCUT2D eigenvalue weighted by atomic mass is 10.2. The molecule has 1 aliphatic rings. The summed E-state index contributed by atoms with van der Waals surface area (Å²) in [7, 11) is 0. The molecule has 3 nitrogen and oxygen atoms in total. The van der Waals surface area contributed by atoms with Crippen molar-refractivity contribution in [1.82, 2.24) is 9.97 Å². The molecule has 15 heavy (non-hydrogen) atoms. The molecule has 2 heterocycles. The minimum Gasteiger partial charge on any atom is -0.341 e. The van der Waals surface area contributed by atoms with Gasteiger partial charge in [0.05, 0.1) is 3.57 Å². The molecular weight excluding hydrogens is 324 g/mol. The zero-order chi connectivity index (χ0) is 10.7. The molecule has 0 aliphatic carbocycles.